The molecule has 5 heteroatoms. The van der Waals surface area contributed by atoms with Gasteiger partial charge in [-0.1, -0.05) is 6.92 Å². The van der Waals surface area contributed by atoms with Gasteiger partial charge in [-0.05, 0) is 47.7 Å². The molecule has 1 amide bonds. The van der Waals surface area contributed by atoms with Crippen molar-refractivity contribution in [2.75, 3.05) is 12.3 Å². The molecule has 1 aromatic heterocycles. The van der Waals surface area contributed by atoms with E-state index >= 15 is 0 Å². The van der Waals surface area contributed by atoms with Gasteiger partial charge in [0.25, 0.3) is 0 Å². The number of nitrogens with one attached hydrogen (secondary N) is 1. The lowest BCUT2D eigenvalue weighted by Crippen LogP contribution is -2.24. The first-order valence-corrected chi connectivity index (χ1v) is 7.87. The van der Waals surface area contributed by atoms with E-state index in [0.717, 1.165) is 12.2 Å². The van der Waals surface area contributed by atoms with Gasteiger partial charge in [0.1, 0.15) is 5.75 Å². The van der Waals surface area contributed by atoms with Gasteiger partial charge in [-0.25, -0.2) is 0 Å². The van der Waals surface area contributed by atoms with Crippen LogP contribution < -0.4 is 15.8 Å². The van der Waals surface area contributed by atoms with Crippen LogP contribution in [0.3, 0.4) is 0 Å². The highest BCUT2D eigenvalue weighted by atomic mass is 32.1. The summed E-state index contributed by atoms with van der Waals surface area (Å²) in [5, 5.41) is 4.99. The Balaban J connectivity index is 1.69. The number of nitrogen functional groups attached to an aromatic ring is 1. The fraction of sp³-hybridized carbons (Fsp3) is 0.312. The zero-order chi connectivity index (χ0) is 15.1. The molecular weight excluding hydrogens is 284 g/mol. The van der Waals surface area contributed by atoms with Crippen LogP contribution in [0.15, 0.2) is 35.7 Å². The van der Waals surface area contributed by atoms with Crippen molar-refractivity contribution in [1.82, 2.24) is 5.32 Å². The number of carbonyl (C=O) groups excluding carboxylic acids is 1. The molecule has 0 fully saturated rings. The maximum atomic E-state index is 11.8. The number of nitrogens with two attached hydrogens (primary N) is 1. The average Bonchev–Trinajstić information content (AvgIpc) is 2.95. The molecule has 2 rings (SSSR count). The number of carbonyl (C=O) groups is 1. The predicted octanol–water partition coefficient (Wildman–Crippen LogP) is 2.98. The lowest BCUT2D eigenvalue weighted by Gasteiger charge is -2.07. The third-order valence-electron chi connectivity index (χ3n) is 3.14. The minimum atomic E-state index is 0.000832. The smallest absolute Gasteiger partial charge is 0.223 e. The third kappa shape index (κ3) is 4.79. The van der Waals surface area contributed by atoms with Crippen LogP contribution in [0.4, 0.5) is 5.69 Å². The highest BCUT2D eigenvalue weighted by molar-refractivity contribution is 7.10. The second kappa shape index (κ2) is 7.69. The molecule has 0 atom stereocenters. The second-order valence-electron chi connectivity index (χ2n) is 4.67. The zero-order valence-electron chi connectivity index (χ0n) is 12.1. The van der Waals surface area contributed by atoms with Crippen molar-refractivity contribution in [3.63, 3.8) is 0 Å². The van der Waals surface area contributed by atoms with Crippen LogP contribution in [0.5, 0.6) is 5.75 Å². The van der Waals surface area contributed by atoms with Gasteiger partial charge in [0.2, 0.25) is 5.91 Å². The summed E-state index contributed by atoms with van der Waals surface area (Å²) in [6.07, 6.45) is 1.34. The quantitative estimate of drug-likeness (QED) is 0.773. The molecule has 2 aromatic rings. The van der Waals surface area contributed by atoms with Gasteiger partial charge in [-0.3, -0.25) is 4.79 Å². The van der Waals surface area contributed by atoms with Crippen LogP contribution in [0.1, 0.15) is 23.8 Å². The first kappa shape index (κ1) is 15.4. The predicted molar refractivity (Wildman–Crippen MR) is 86.5 cm³/mol. The van der Waals surface area contributed by atoms with E-state index in [0.29, 0.717) is 25.3 Å². The number of ether oxygens (including phenoxy) is 1. The van der Waals surface area contributed by atoms with Crippen LogP contribution in [0.2, 0.25) is 0 Å². The maximum Gasteiger partial charge on any atom is 0.223 e. The van der Waals surface area contributed by atoms with Gasteiger partial charge in [0.15, 0.2) is 0 Å². The first-order valence-electron chi connectivity index (χ1n) is 6.99. The van der Waals surface area contributed by atoms with Crippen LogP contribution in [0, 0.1) is 0 Å². The summed E-state index contributed by atoms with van der Waals surface area (Å²) in [6.45, 7) is 3.08. The van der Waals surface area contributed by atoms with Gasteiger partial charge in [-0.15, -0.1) is 11.3 Å². The summed E-state index contributed by atoms with van der Waals surface area (Å²) in [5.41, 5.74) is 7.60. The minimum Gasteiger partial charge on any atom is -0.493 e. The van der Waals surface area contributed by atoms with Crippen LogP contribution in [-0.4, -0.2) is 12.5 Å². The Morgan fingerprint density at radius 3 is 2.76 bits per heavy atom. The molecule has 0 aliphatic carbocycles. The Hall–Kier alpha value is -2.01. The summed E-state index contributed by atoms with van der Waals surface area (Å²) < 4.78 is 5.50. The van der Waals surface area contributed by atoms with E-state index in [1.807, 2.05) is 0 Å². The number of aryl methyl sites for hydroxylation is 1. The van der Waals surface area contributed by atoms with E-state index in [1.54, 1.807) is 35.6 Å². The number of rotatable bonds is 7. The molecule has 0 saturated heterocycles. The van der Waals surface area contributed by atoms with Crippen molar-refractivity contribution in [3.8, 4) is 5.75 Å². The van der Waals surface area contributed by atoms with Crippen LogP contribution in [-0.2, 0) is 17.8 Å². The maximum absolute atomic E-state index is 11.8. The number of hydrogen-bond donors (Lipinski definition) is 2. The van der Waals surface area contributed by atoms with Gasteiger partial charge in [0.05, 0.1) is 19.6 Å². The molecule has 0 radical (unpaired) electrons. The number of thiophene rings is 1. The Bertz CT molecular complexity index is 578. The monoisotopic (exact) mass is 304 g/mol. The molecule has 112 valence electrons. The Kier molecular flexibility index (Phi) is 5.63. The molecular formula is C16H20N2O2S. The lowest BCUT2D eigenvalue weighted by atomic mass is 10.2. The van der Waals surface area contributed by atoms with Crippen molar-refractivity contribution in [3.05, 3.63) is 46.2 Å². The average molecular weight is 304 g/mol. The summed E-state index contributed by atoms with van der Waals surface area (Å²) in [6, 6.07) is 9.26. The van der Waals surface area contributed by atoms with Gasteiger partial charge < -0.3 is 15.8 Å². The largest absolute Gasteiger partial charge is 0.493 e. The molecule has 0 aliphatic heterocycles. The number of anilines is 1. The standard InChI is InChI=1S/C16H20N2O2S/c1-2-12-8-10-21-15(12)11-18-16(19)7-9-20-14-5-3-13(17)4-6-14/h3-6,8,10H,2,7,9,11,17H2,1H3,(H,18,19). The summed E-state index contributed by atoms with van der Waals surface area (Å²) >= 11 is 1.68. The van der Waals surface area contributed by atoms with E-state index in [-0.39, 0.29) is 5.91 Å². The summed E-state index contributed by atoms with van der Waals surface area (Å²) in [4.78, 5) is 13.0. The molecule has 3 N–H and O–H groups in total. The molecule has 1 aromatic carbocycles. The van der Waals surface area contributed by atoms with Gasteiger partial charge >= 0.3 is 0 Å². The zero-order valence-corrected chi connectivity index (χ0v) is 12.9. The minimum absolute atomic E-state index is 0.000832. The van der Waals surface area contributed by atoms with E-state index in [1.165, 1.54) is 10.4 Å². The first-order chi connectivity index (χ1) is 10.2. The molecule has 0 unspecified atom stereocenters. The molecule has 1 heterocycles. The summed E-state index contributed by atoms with van der Waals surface area (Å²) in [5.74, 6) is 0.726. The number of hydrogen-bond acceptors (Lipinski definition) is 4. The molecule has 4 nitrogen and oxygen atoms in total. The van der Waals surface area contributed by atoms with Gasteiger partial charge in [0, 0.05) is 10.6 Å². The highest BCUT2D eigenvalue weighted by Crippen LogP contribution is 2.17. The SMILES string of the molecule is CCc1ccsc1CNC(=O)CCOc1ccc(N)cc1. The number of amides is 1. The van der Waals surface area contributed by atoms with E-state index in [2.05, 4.69) is 23.7 Å². The second-order valence-corrected chi connectivity index (χ2v) is 5.67. The van der Waals surface area contributed by atoms with E-state index in [4.69, 9.17) is 10.5 Å². The van der Waals surface area contributed by atoms with Crippen molar-refractivity contribution >= 4 is 22.9 Å². The van der Waals surface area contributed by atoms with Crippen molar-refractivity contribution in [2.24, 2.45) is 0 Å². The molecule has 21 heavy (non-hydrogen) atoms. The Morgan fingerprint density at radius 2 is 2.05 bits per heavy atom. The van der Waals surface area contributed by atoms with Crippen molar-refractivity contribution in [2.45, 2.75) is 26.3 Å². The topological polar surface area (TPSA) is 64.3 Å². The molecule has 0 saturated carbocycles. The molecule has 0 aliphatic rings. The van der Waals surface area contributed by atoms with Gasteiger partial charge in [-0.2, -0.15) is 0 Å². The summed E-state index contributed by atoms with van der Waals surface area (Å²) in [7, 11) is 0. The molecule has 0 bridgehead atoms. The fourth-order valence-corrected chi connectivity index (χ4v) is 2.85. The Morgan fingerprint density at radius 1 is 1.29 bits per heavy atom. The molecule has 0 spiro atoms. The third-order valence-corrected chi connectivity index (χ3v) is 4.11. The lowest BCUT2D eigenvalue weighted by molar-refractivity contribution is -0.121. The van der Waals surface area contributed by atoms with Crippen molar-refractivity contribution < 1.29 is 9.53 Å². The van der Waals surface area contributed by atoms with E-state index < -0.39 is 0 Å². The van der Waals surface area contributed by atoms with Crippen molar-refractivity contribution in [1.29, 1.82) is 0 Å². The van der Waals surface area contributed by atoms with Crippen LogP contribution in [0.25, 0.3) is 0 Å². The fourth-order valence-electron chi connectivity index (χ4n) is 1.93. The normalized spacial score (nSPS) is 10.3. The van der Waals surface area contributed by atoms with Crippen LogP contribution >= 0.6 is 11.3 Å². The highest BCUT2D eigenvalue weighted by Gasteiger charge is 2.06. The number of benzene rings is 1. The Labute approximate surface area is 128 Å². The van der Waals surface area contributed by atoms with E-state index in [9.17, 15) is 4.79 Å².